The van der Waals surface area contributed by atoms with E-state index in [2.05, 4.69) is 5.32 Å². The highest BCUT2D eigenvalue weighted by atomic mass is 19.1. The fraction of sp³-hybridized carbons (Fsp3) is 0.391. The Balaban J connectivity index is 1.96. The molecule has 0 aliphatic carbocycles. The lowest BCUT2D eigenvalue weighted by molar-refractivity contribution is -0.167. The number of carbonyl (C=O) groups is 2. The highest BCUT2D eigenvalue weighted by Crippen LogP contribution is 2.30. The largest absolute Gasteiger partial charge is 0.375 e. The van der Waals surface area contributed by atoms with Gasteiger partial charge >= 0.3 is 0 Å². The zero-order valence-corrected chi connectivity index (χ0v) is 17.3. The fourth-order valence-corrected chi connectivity index (χ4v) is 3.75. The van der Waals surface area contributed by atoms with Crippen LogP contribution in [0, 0.1) is 5.82 Å². The van der Waals surface area contributed by atoms with Gasteiger partial charge in [0.05, 0.1) is 13.2 Å². The van der Waals surface area contributed by atoms with Crippen molar-refractivity contribution in [1.29, 1.82) is 0 Å². The molecule has 1 heterocycles. The van der Waals surface area contributed by atoms with Gasteiger partial charge in [0.15, 0.2) is 5.60 Å². The summed E-state index contributed by atoms with van der Waals surface area (Å²) in [4.78, 5) is 27.1. The quantitative estimate of drug-likeness (QED) is 0.756. The number of halogens is 1. The van der Waals surface area contributed by atoms with E-state index in [0.717, 1.165) is 16.7 Å². The average molecular weight is 414 g/mol. The molecule has 0 bridgehead atoms. The second-order valence-corrected chi connectivity index (χ2v) is 7.29. The molecular weight excluding hydrogens is 387 g/mol. The molecule has 1 atom stereocenters. The molecule has 2 amide bonds. The van der Waals surface area contributed by atoms with Crippen LogP contribution >= 0.6 is 0 Å². The van der Waals surface area contributed by atoms with Crippen LogP contribution in [0.4, 0.5) is 4.39 Å². The summed E-state index contributed by atoms with van der Waals surface area (Å²) >= 11 is 0. The minimum Gasteiger partial charge on any atom is -0.375 e. The van der Waals surface area contributed by atoms with Gasteiger partial charge in [0.1, 0.15) is 12.4 Å². The molecule has 1 saturated heterocycles. The number of nitrogens with one attached hydrogen (secondary N) is 1. The number of nitrogens with zero attached hydrogens (tertiary/aromatic N) is 1. The van der Waals surface area contributed by atoms with Crippen molar-refractivity contribution in [2.45, 2.75) is 18.9 Å². The summed E-state index contributed by atoms with van der Waals surface area (Å²) in [5, 5.41) is 2.85. The van der Waals surface area contributed by atoms with Crippen LogP contribution in [0.2, 0.25) is 0 Å². The SMILES string of the molecule is CCNC(=O)[C@@]1(Cc2ccccc2-c2ccc(F)cc2)CN(C(=O)COC)CCO1. The lowest BCUT2D eigenvalue weighted by Gasteiger charge is -2.42. The fourth-order valence-electron chi connectivity index (χ4n) is 3.75. The van der Waals surface area contributed by atoms with E-state index in [0.29, 0.717) is 13.1 Å². The summed E-state index contributed by atoms with van der Waals surface area (Å²) in [5.41, 5.74) is 1.41. The van der Waals surface area contributed by atoms with Crippen LogP contribution in [0.25, 0.3) is 11.1 Å². The van der Waals surface area contributed by atoms with E-state index in [1.807, 2.05) is 31.2 Å². The number of ether oxygens (including phenoxy) is 2. The summed E-state index contributed by atoms with van der Waals surface area (Å²) in [5.74, 6) is -0.743. The maximum absolute atomic E-state index is 13.4. The summed E-state index contributed by atoms with van der Waals surface area (Å²) in [7, 11) is 1.47. The summed E-state index contributed by atoms with van der Waals surface area (Å²) in [6.07, 6.45) is 0.281. The number of likely N-dealkylation sites (N-methyl/N-ethyl adjacent to an activating group) is 1. The first kappa shape index (κ1) is 21.9. The predicted octanol–water partition coefficient (Wildman–Crippen LogP) is 2.42. The van der Waals surface area contributed by atoms with E-state index in [1.54, 1.807) is 17.0 Å². The Morgan fingerprint density at radius 2 is 1.93 bits per heavy atom. The van der Waals surface area contributed by atoms with Gasteiger partial charge in [0.25, 0.3) is 5.91 Å². The molecule has 2 aromatic rings. The second kappa shape index (κ2) is 9.82. The Morgan fingerprint density at radius 3 is 2.63 bits per heavy atom. The first-order valence-corrected chi connectivity index (χ1v) is 10.0. The Kier molecular flexibility index (Phi) is 7.18. The van der Waals surface area contributed by atoms with Crippen molar-refractivity contribution in [3.05, 3.63) is 59.9 Å². The third kappa shape index (κ3) is 4.86. The van der Waals surface area contributed by atoms with Crippen LogP contribution in [0.5, 0.6) is 0 Å². The lowest BCUT2D eigenvalue weighted by Crippen LogP contribution is -2.62. The monoisotopic (exact) mass is 414 g/mol. The van der Waals surface area contributed by atoms with Gasteiger partial charge in [-0.3, -0.25) is 9.59 Å². The Labute approximate surface area is 176 Å². The molecule has 6 nitrogen and oxygen atoms in total. The van der Waals surface area contributed by atoms with Crippen molar-refractivity contribution in [2.75, 3.05) is 40.0 Å². The van der Waals surface area contributed by atoms with Crippen molar-refractivity contribution in [3.63, 3.8) is 0 Å². The molecule has 0 radical (unpaired) electrons. The van der Waals surface area contributed by atoms with Gasteiger partial charge in [-0.2, -0.15) is 0 Å². The summed E-state index contributed by atoms with van der Waals surface area (Å²) < 4.78 is 24.4. The predicted molar refractivity (Wildman–Crippen MR) is 111 cm³/mol. The number of methoxy groups -OCH3 is 1. The smallest absolute Gasteiger partial charge is 0.254 e. The van der Waals surface area contributed by atoms with Crippen molar-refractivity contribution in [2.24, 2.45) is 0 Å². The summed E-state index contributed by atoms with van der Waals surface area (Å²) in [6.45, 7) is 3.05. The van der Waals surface area contributed by atoms with Crippen LogP contribution in [0.1, 0.15) is 12.5 Å². The first-order chi connectivity index (χ1) is 14.5. The molecule has 0 unspecified atom stereocenters. The van der Waals surface area contributed by atoms with Crippen molar-refractivity contribution >= 4 is 11.8 Å². The number of amides is 2. The number of carbonyl (C=O) groups excluding carboxylic acids is 2. The van der Waals surface area contributed by atoms with E-state index in [-0.39, 0.29) is 43.8 Å². The molecule has 2 aromatic carbocycles. The molecule has 1 fully saturated rings. The Bertz CT molecular complexity index is 887. The number of morpholine rings is 1. The number of hydrogen-bond donors (Lipinski definition) is 1. The number of benzene rings is 2. The standard InChI is InChI=1S/C23H27FN2O4/c1-3-25-22(28)23(16-26(12-13-30-23)21(27)15-29-2)14-18-6-4-5-7-20(18)17-8-10-19(24)11-9-17/h4-11H,3,12-16H2,1-2H3,(H,25,28)/t23-/m1/s1. The van der Waals surface area contributed by atoms with Crippen molar-refractivity contribution in [1.82, 2.24) is 10.2 Å². The topological polar surface area (TPSA) is 67.9 Å². The molecule has 0 saturated carbocycles. The average Bonchev–Trinajstić information content (AvgIpc) is 2.75. The highest BCUT2D eigenvalue weighted by molar-refractivity contribution is 5.88. The molecule has 1 N–H and O–H groups in total. The zero-order chi connectivity index (χ0) is 21.6. The van der Waals surface area contributed by atoms with Gasteiger partial charge in [-0.1, -0.05) is 36.4 Å². The molecule has 160 valence electrons. The van der Waals surface area contributed by atoms with E-state index in [1.165, 1.54) is 19.2 Å². The van der Waals surface area contributed by atoms with Gasteiger partial charge in [-0.05, 0) is 35.7 Å². The van der Waals surface area contributed by atoms with E-state index < -0.39 is 5.60 Å². The third-order valence-corrected chi connectivity index (χ3v) is 5.21. The Hall–Kier alpha value is -2.77. The van der Waals surface area contributed by atoms with Crippen LogP contribution in [0.15, 0.2) is 48.5 Å². The van der Waals surface area contributed by atoms with Crippen molar-refractivity contribution < 1.29 is 23.5 Å². The minimum absolute atomic E-state index is 0.0440. The Morgan fingerprint density at radius 1 is 1.20 bits per heavy atom. The maximum Gasteiger partial charge on any atom is 0.254 e. The van der Waals surface area contributed by atoms with Crippen molar-refractivity contribution in [3.8, 4) is 11.1 Å². The molecule has 1 aliphatic heterocycles. The summed E-state index contributed by atoms with van der Waals surface area (Å²) in [6, 6.07) is 13.9. The van der Waals surface area contributed by atoms with Gasteiger partial charge in [-0.15, -0.1) is 0 Å². The normalized spacial score (nSPS) is 18.8. The van der Waals surface area contributed by atoms with Crippen LogP contribution in [-0.2, 0) is 25.5 Å². The van der Waals surface area contributed by atoms with Gasteiger partial charge in [0.2, 0.25) is 5.91 Å². The van der Waals surface area contributed by atoms with Gasteiger partial charge in [0, 0.05) is 26.6 Å². The molecule has 3 rings (SSSR count). The molecule has 7 heteroatoms. The minimum atomic E-state index is -1.21. The molecule has 30 heavy (non-hydrogen) atoms. The first-order valence-electron chi connectivity index (χ1n) is 10.0. The second-order valence-electron chi connectivity index (χ2n) is 7.29. The van der Waals surface area contributed by atoms with Crippen LogP contribution in [0.3, 0.4) is 0 Å². The number of hydrogen-bond acceptors (Lipinski definition) is 4. The molecular formula is C23H27FN2O4. The van der Waals surface area contributed by atoms with Crippen LogP contribution < -0.4 is 5.32 Å². The van der Waals surface area contributed by atoms with Gasteiger partial charge in [-0.25, -0.2) is 4.39 Å². The number of rotatable bonds is 7. The highest BCUT2D eigenvalue weighted by Gasteiger charge is 2.45. The molecule has 0 spiro atoms. The third-order valence-electron chi connectivity index (χ3n) is 5.21. The molecule has 1 aliphatic rings. The van der Waals surface area contributed by atoms with E-state index in [9.17, 15) is 14.0 Å². The maximum atomic E-state index is 13.4. The van der Waals surface area contributed by atoms with E-state index in [4.69, 9.17) is 9.47 Å². The van der Waals surface area contributed by atoms with E-state index >= 15 is 0 Å². The molecule has 0 aromatic heterocycles. The van der Waals surface area contributed by atoms with Crippen LogP contribution in [-0.4, -0.2) is 62.3 Å². The lowest BCUT2D eigenvalue weighted by atomic mass is 9.87. The van der Waals surface area contributed by atoms with Gasteiger partial charge < -0.3 is 19.7 Å². The zero-order valence-electron chi connectivity index (χ0n) is 17.3.